The SMILES string of the molecule is CNCc1nnc(NCCC2CCCCCC2)o1.Cl. The average Bonchev–Trinajstić information content (AvgIpc) is 2.65. The summed E-state index contributed by atoms with van der Waals surface area (Å²) in [5, 5.41) is 14.1. The van der Waals surface area contributed by atoms with Gasteiger partial charge in [0.2, 0.25) is 5.89 Å². The Morgan fingerprint density at radius 1 is 1.16 bits per heavy atom. The van der Waals surface area contributed by atoms with E-state index in [1.807, 2.05) is 7.05 Å². The summed E-state index contributed by atoms with van der Waals surface area (Å²) in [6, 6.07) is 0.550. The van der Waals surface area contributed by atoms with Crippen molar-refractivity contribution in [2.24, 2.45) is 5.92 Å². The molecule has 1 aliphatic carbocycles. The normalized spacial score (nSPS) is 16.7. The molecular formula is C13H25ClN4O. The van der Waals surface area contributed by atoms with Gasteiger partial charge in [-0.15, -0.1) is 17.5 Å². The zero-order valence-electron chi connectivity index (χ0n) is 11.7. The smallest absolute Gasteiger partial charge is 0.315 e. The van der Waals surface area contributed by atoms with Gasteiger partial charge in [0.25, 0.3) is 0 Å². The summed E-state index contributed by atoms with van der Waals surface area (Å²) < 4.78 is 5.44. The third-order valence-corrected chi connectivity index (χ3v) is 3.60. The number of aromatic nitrogens is 2. The molecule has 0 bridgehead atoms. The maximum atomic E-state index is 5.44. The molecule has 0 aliphatic heterocycles. The van der Waals surface area contributed by atoms with E-state index < -0.39 is 0 Å². The van der Waals surface area contributed by atoms with E-state index in [1.165, 1.54) is 44.9 Å². The first kappa shape index (κ1) is 16.2. The van der Waals surface area contributed by atoms with Gasteiger partial charge in [0, 0.05) is 6.54 Å². The largest absolute Gasteiger partial charge is 0.407 e. The lowest BCUT2D eigenvalue weighted by Gasteiger charge is -2.13. The quantitative estimate of drug-likeness (QED) is 0.788. The van der Waals surface area contributed by atoms with Gasteiger partial charge in [0.15, 0.2) is 0 Å². The minimum atomic E-state index is 0. The Kier molecular flexibility index (Phi) is 7.82. The number of nitrogens with one attached hydrogen (secondary N) is 2. The van der Waals surface area contributed by atoms with Gasteiger partial charge in [-0.2, -0.15) is 0 Å². The van der Waals surface area contributed by atoms with Gasteiger partial charge in [-0.05, 0) is 19.4 Å². The highest BCUT2D eigenvalue weighted by molar-refractivity contribution is 5.85. The first-order chi connectivity index (χ1) is 8.88. The molecule has 0 radical (unpaired) electrons. The van der Waals surface area contributed by atoms with Crippen LogP contribution in [-0.4, -0.2) is 23.8 Å². The highest BCUT2D eigenvalue weighted by Crippen LogP contribution is 2.25. The van der Waals surface area contributed by atoms with Crippen LogP contribution in [0.5, 0.6) is 0 Å². The molecule has 1 saturated carbocycles. The van der Waals surface area contributed by atoms with E-state index in [2.05, 4.69) is 20.8 Å². The van der Waals surface area contributed by atoms with E-state index in [9.17, 15) is 0 Å². The number of rotatable bonds is 6. The molecule has 1 aliphatic rings. The molecule has 1 aromatic heterocycles. The topological polar surface area (TPSA) is 63.0 Å². The Morgan fingerprint density at radius 3 is 2.58 bits per heavy atom. The van der Waals surface area contributed by atoms with Crippen LogP contribution < -0.4 is 10.6 Å². The van der Waals surface area contributed by atoms with Crippen molar-refractivity contribution in [3.8, 4) is 0 Å². The van der Waals surface area contributed by atoms with Crippen LogP contribution in [0.25, 0.3) is 0 Å². The Hall–Kier alpha value is -0.810. The van der Waals surface area contributed by atoms with Crippen LogP contribution in [0.4, 0.5) is 6.01 Å². The van der Waals surface area contributed by atoms with Crippen molar-refractivity contribution in [1.82, 2.24) is 15.5 Å². The Balaban J connectivity index is 0.00000180. The van der Waals surface area contributed by atoms with E-state index in [1.54, 1.807) is 0 Å². The van der Waals surface area contributed by atoms with Crippen molar-refractivity contribution in [3.63, 3.8) is 0 Å². The average molecular weight is 289 g/mol. The van der Waals surface area contributed by atoms with Crippen LogP contribution in [0.15, 0.2) is 4.42 Å². The second-order valence-corrected chi connectivity index (χ2v) is 5.10. The first-order valence-corrected chi connectivity index (χ1v) is 7.09. The standard InChI is InChI=1S/C13H24N4O.ClH/c1-14-10-12-16-17-13(18-12)15-9-8-11-6-4-2-3-5-7-11;/h11,14H,2-10H2,1H3,(H,15,17);1H. The van der Waals surface area contributed by atoms with Gasteiger partial charge >= 0.3 is 6.01 Å². The second kappa shape index (κ2) is 9.15. The highest BCUT2D eigenvalue weighted by Gasteiger charge is 2.12. The molecule has 110 valence electrons. The van der Waals surface area contributed by atoms with Crippen molar-refractivity contribution >= 4 is 18.4 Å². The molecule has 0 saturated heterocycles. The van der Waals surface area contributed by atoms with Gasteiger partial charge in [-0.25, -0.2) is 0 Å². The van der Waals surface area contributed by atoms with Gasteiger partial charge in [0.05, 0.1) is 6.54 Å². The minimum absolute atomic E-state index is 0. The van der Waals surface area contributed by atoms with Crippen molar-refractivity contribution in [2.45, 2.75) is 51.5 Å². The fraction of sp³-hybridized carbons (Fsp3) is 0.846. The monoisotopic (exact) mass is 288 g/mol. The van der Waals surface area contributed by atoms with Gasteiger partial charge in [-0.1, -0.05) is 43.6 Å². The molecule has 1 aromatic rings. The highest BCUT2D eigenvalue weighted by atomic mass is 35.5. The molecule has 2 rings (SSSR count). The maximum absolute atomic E-state index is 5.44. The Morgan fingerprint density at radius 2 is 1.89 bits per heavy atom. The Bertz CT molecular complexity index is 337. The fourth-order valence-corrected chi connectivity index (χ4v) is 2.58. The summed E-state index contributed by atoms with van der Waals surface area (Å²) in [7, 11) is 1.86. The lowest BCUT2D eigenvalue weighted by atomic mass is 9.97. The number of halogens is 1. The predicted molar refractivity (Wildman–Crippen MR) is 78.6 cm³/mol. The molecule has 0 spiro atoms. The maximum Gasteiger partial charge on any atom is 0.315 e. The number of hydrogen-bond donors (Lipinski definition) is 2. The second-order valence-electron chi connectivity index (χ2n) is 5.10. The van der Waals surface area contributed by atoms with E-state index >= 15 is 0 Å². The third kappa shape index (κ3) is 5.78. The number of nitrogens with zero attached hydrogens (tertiary/aromatic N) is 2. The summed E-state index contributed by atoms with van der Waals surface area (Å²) in [5.41, 5.74) is 0. The summed E-state index contributed by atoms with van der Waals surface area (Å²) in [6.07, 6.45) is 9.62. The zero-order chi connectivity index (χ0) is 12.6. The van der Waals surface area contributed by atoms with Crippen LogP contribution in [-0.2, 0) is 6.54 Å². The molecular weight excluding hydrogens is 264 g/mol. The molecule has 0 amide bonds. The van der Waals surface area contributed by atoms with Crippen LogP contribution in [0.2, 0.25) is 0 Å². The first-order valence-electron chi connectivity index (χ1n) is 7.09. The molecule has 0 aromatic carbocycles. The molecule has 2 N–H and O–H groups in total. The van der Waals surface area contributed by atoms with Crippen molar-refractivity contribution < 1.29 is 4.42 Å². The number of anilines is 1. The summed E-state index contributed by atoms with van der Waals surface area (Å²) in [4.78, 5) is 0. The van der Waals surface area contributed by atoms with Crippen molar-refractivity contribution in [3.05, 3.63) is 5.89 Å². The van der Waals surface area contributed by atoms with E-state index in [0.29, 0.717) is 18.5 Å². The molecule has 1 heterocycles. The lowest BCUT2D eigenvalue weighted by molar-refractivity contribution is 0.434. The summed E-state index contributed by atoms with van der Waals surface area (Å²) >= 11 is 0. The van der Waals surface area contributed by atoms with Crippen LogP contribution >= 0.6 is 12.4 Å². The molecule has 0 atom stereocenters. The molecule has 0 unspecified atom stereocenters. The van der Waals surface area contributed by atoms with Crippen molar-refractivity contribution in [2.75, 3.05) is 18.9 Å². The zero-order valence-corrected chi connectivity index (χ0v) is 12.5. The van der Waals surface area contributed by atoms with Crippen LogP contribution in [0.1, 0.15) is 50.8 Å². The molecule has 1 fully saturated rings. The molecule has 5 nitrogen and oxygen atoms in total. The fourth-order valence-electron chi connectivity index (χ4n) is 2.58. The third-order valence-electron chi connectivity index (χ3n) is 3.60. The van der Waals surface area contributed by atoms with Gasteiger partial charge in [-0.3, -0.25) is 0 Å². The lowest BCUT2D eigenvalue weighted by Crippen LogP contribution is -2.09. The minimum Gasteiger partial charge on any atom is -0.407 e. The summed E-state index contributed by atoms with van der Waals surface area (Å²) in [6.45, 7) is 1.56. The number of hydrogen-bond acceptors (Lipinski definition) is 5. The van der Waals surface area contributed by atoms with Gasteiger partial charge in [0.1, 0.15) is 0 Å². The van der Waals surface area contributed by atoms with E-state index in [-0.39, 0.29) is 12.4 Å². The van der Waals surface area contributed by atoms with Crippen molar-refractivity contribution in [1.29, 1.82) is 0 Å². The van der Waals surface area contributed by atoms with Crippen LogP contribution in [0.3, 0.4) is 0 Å². The summed E-state index contributed by atoms with van der Waals surface area (Å²) in [5.74, 6) is 1.51. The van der Waals surface area contributed by atoms with Gasteiger partial charge < -0.3 is 15.1 Å². The van der Waals surface area contributed by atoms with E-state index in [0.717, 1.165) is 12.5 Å². The molecule has 19 heavy (non-hydrogen) atoms. The molecule has 6 heteroatoms. The van der Waals surface area contributed by atoms with Crippen LogP contribution in [0, 0.1) is 5.92 Å². The predicted octanol–water partition coefficient (Wildman–Crippen LogP) is 2.98. The Labute approximate surface area is 121 Å². The van der Waals surface area contributed by atoms with E-state index in [4.69, 9.17) is 4.42 Å².